The van der Waals surface area contributed by atoms with Crippen LogP contribution in [0.15, 0.2) is 24.3 Å². The van der Waals surface area contributed by atoms with Crippen LogP contribution in [-0.2, 0) is 0 Å². The highest BCUT2D eigenvalue weighted by Gasteiger charge is 2.41. The van der Waals surface area contributed by atoms with Crippen LogP contribution in [0.25, 0.3) is 0 Å². The van der Waals surface area contributed by atoms with Gasteiger partial charge in [0.25, 0.3) is 0 Å². The SMILES string of the molecule is CC(C)[Si](C#Cc1ccc(C(O)CCO)cc1)(C(C)C)C(C)C. The molecule has 128 valence electrons. The summed E-state index contributed by atoms with van der Waals surface area (Å²) in [5, 5.41) is 18.8. The third-order valence-corrected chi connectivity index (χ3v) is 11.3. The van der Waals surface area contributed by atoms with Crippen LogP contribution >= 0.6 is 0 Å². The van der Waals surface area contributed by atoms with Crippen molar-refractivity contribution in [3.05, 3.63) is 35.4 Å². The Morgan fingerprint density at radius 2 is 1.39 bits per heavy atom. The molecular formula is C20H32O2Si. The molecule has 0 aliphatic carbocycles. The van der Waals surface area contributed by atoms with E-state index in [1.165, 1.54) is 0 Å². The lowest BCUT2D eigenvalue weighted by molar-refractivity contribution is 0.134. The molecule has 0 saturated heterocycles. The Bertz CT molecular complexity index is 513. The minimum Gasteiger partial charge on any atom is -0.396 e. The van der Waals surface area contributed by atoms with Gasteiger partial charge < -0.3 is 10.2 Å². The van der Waals surface area contributed by atoms with Gasteiger partial charge in [-0.05, 0) is 34.3 Å². The van der Waals surface area contributed by atoms with Crippen LogP contribution in [0.2, 0.25) is 16.6 Å². The lowest BCUT2D eigenvalue weighted by Crippen LogP contribution is -2.43. The van der Waals surface area contributed by atoms with Gasteiger partial charge >= 0.3 is 0 Å². The van der Waals surface area contributed by atoms with Crippen molar-refractivity contribution in [2.24, 2.45) is 0 Å². The fourth-order valence-electron chi connectivity index (χ4n) is 3.69. The molecule has 0 fully saturated rings. The van der Waals surface area contributed by atoms with E-state index in [1.807, 2.05) is 24.3 Å². The topological polar surface area (TPSA) is 40.5 Å². The number of aliphatic hydroxyl groups excluding tert-OH is 2. The molecule has 0 saturated carbocycles. The van der Waals surface area contributed by atoms with E-state index in [-0.39, 0.29) is 6.61 Å². The summed E-state index contributed by atoms with van der Waals surface area (Å²) in [6, 6.07) is 7.77. The van der Waals surface area contributed by atoms with Gasteiger partial charge in [0, 0.05) is 18.6 Å². The van der Waals surface area contributed by atoms with Gasteiger partial charge in [0.05, 0.1) is 6.10 Å². The number of hydrogen-bond donors (Lipinski definition) is 2. The molecule has 0 radical (unpaired) electrons. The molecule has 0 heterocycles. The van der Waals surface area contributed by atoms with Crippen LogP contribution in [-0.4, -0.2) is 24.9 Å². The smallest absolute Gasteiger partial charge is 0.146 e. The minimum absolute atomic E-state index is 0.00594. The molecule has 3 heteroatoms. The first-order chi connectivity index (χ1) is 10.8. The van der Waals surface area contributed by atoms with Crippen molar-refractivity contribution in [3.8, 4) is 11.5 Å². The summed E-state index contributed by atoms with van der Waals surface area (Å²) in [4.78, 5) is 0. The zero-order valence-electron chi connectivity index (χ0n) is 15.4. The summed E-state index contributed by atoms with van der Waals surface area (Å²) in [5.41, 5.74) is 7.43. The Kier molecular flexibility index (Phi) is 7.53. The van der Waals surface area contributed by atoms with Crippen molar-refractivity contribution in [1.29, 1.82) is 0 Å². The van der Waals surface area contributed by atoms with Gasteiger partial charge in [0.2, 0.25) is 0 Å². The van der Waals surface area contributed by atoms with Crippen LogP contribution in [0.4, 0.5) is 0 Å². The number of benzene rings is 1. The lowest BCUT2D eigenvalue weighted by atomic mass is 10.1. The second-order valence-corrected chi connectivity index (χ2v) is 12.9. The van der Waals surface area contributed by atoms with E-state index >= 15 is 0 Å². The molecule has 1 rings (SSSR count). The fourth-order valence-corrected chi connectivity index (χ4v) is 8.92. The summed E-state index contributed by atoms with van der Waals surface area (Å²) < 4.78 is 0. The lowest BCUT2D eigenvalue weighted by Gasteiger charge is -2.38. The molecule has 0 amide bonds. The monoisotopic (exact) mass is 332 g/mol. The predicted molar refractivity (Wildman–Crippen MR) is 101 cm³/mol. The number of aliphatic hydroxyl groups is 2. The third-order valence-electron chi connectivity index (χ3n) is 4.99. The molecule has 0 aliphatic heterocycles. The maximum atomic E-state index is 9.90. The molecule has 0 aliphatic rings. The van der Waals surface area contributed by atoms with Gasteiger partial charge in [0.1, 0.15) is 8.07 Å². The van der Waals surface area contributed by atoms with Gasteiger partial charge in [-0.15, -0.1) is 5.54 Å². The van der Waals surface area contributed by atoms with E-state index in [0.717, 1.165) is 11.1 Å². The van der Waals surface area contributed by atoms with Crippen molar-refractivity contribution in [2.45, 2.75) is 70.7 Å². The molecular weight excluding hydrogens is 300 g/mol. The largest absolute Gasteiger partial charge is 0.396 e. The van der Waals surface area contributed by atoms with Crippen molar-refractivity contribution in [3.63, 3.8) is 0 Å². The standard InChI is InChI=1S/C20H32O2Si/c1-15(2)23(16(3)4,17(5)6)14-12-18-7-9-19(10-8-18)20(22)11-13-21/h7-10,15-17,20-22H,11,13H2,1-6H3. The summed E-state index contributed by atoms with van der Waals surface area (Å²) in [6.45, 7) is 13.9. The highest BCUT2D eigenvalue weighted by atomic mass is 28.3. The first-order valence-corrected chi connectivity index (χ1v) is 10.9. The predicted octanol–water partition coefficient (Wildman–Crippen LogP) is 4.67. The number of hydrogen-bond acceptors (Lipinski definition) is 2. The molecule has 1 unspecified atom stereocenters. The highest BCUT2D eigenvalue weighted by molar-refractivity contribution is 6.90. The van der Waals surface area contributed by atoms with Gasteiger partial charge in [-0.1, -0.05) is 59.6 Å². The Balaban J connectivity index is 3.08. The quantitative estimate of drug-likeness (QED) is 0.587. The van der Waals surface area contributed by atoms with Crippen LogP contribution < -0.4 is 0 Å². The Hall–Kier alpha value is -1.08. The van der Waals surface area contributed by atoms with Crippen LogP contribution in [0.1, 0.15) is 65.2 Å². The molecule has 0 aromatic heterocycles. The number of rotatable bonds is 6. The highest BCUT2D eigenvalue weighted by Crippen LogP contribution is 2.40. The molecule has 0 spiro atoms. The molecule has 1 aromatic rings. The maximum Gasteiger partial charge on any atom is 0.146 e. The molecule has 1 atom stereocenters. The van der Waals surface area contributed by atoms with Crippen LogP contribution in [0.5, 0.6) is 0 Å². The molecule has 0 bridgehead atoms. The van der Waals surface area contributed by atoms with Gasteiger partial charge in [0.15, 0.2) is 0 Å². The molecule has 2 N–H and O–H groups in total. The van der Waals surface area contributed by atoms with E-state index in [4.69, 9.17) is 5.11 Å². The third kappa shape index (κ3) is 4.70. The van der Waals surface area contributed by atoms with Crippen molar-refractivity contribution in [2.75, 3.05) is 6.61 Å². The average molecular weight is 333 g/mol. The van der Waals surface area contributed by atoms with Gasteiger partial charge in [-0.3, -0.25) is 0 Å². The summed E-state index contributed by atoms with van der Waals surface area (Å²) in [7, 11) is -1.70. The van der Waals surface area contributed by atoms with Crippen LogP contribution in [0, 0.1) is 11.5 Å². The van der Waals surface area contributed by atoms with E-state index < -0.39 is 14.2 Å². The Labute approximate surface area is 143 Å². The second kappa shape index (κ2) is 8.68. The molecule has 2 nitrogen and oxygen atoms in total. The van der Waals surface area contributed by atoms with E-state index in [2.05, 4.69) is 53.0 Å². The zero-order chi connectivity index (χ0) is 17.6. The zero-order valence-corrected chi connectivity index (χ0v) is 16.4. The maximum absolute atomic E-state index is 9.90. The van der Waals surface area contributed by atoms with Gasteiger partial charge in [-0.2, -0.15) is 0 Å². The average Bonchev–Trinajstić information content (AvgIpc) is 2.47. The van der Waals surface area contributed by atoms with Crippen molar-refractivity contribution >= 4 is 8.07 Å². The summed E-state index contributed by atoms with van der Waals surface area (Å²) >= 11 is 0. The normalized spacial score (nSPS) is 13.3. The Morgan fingerprint density at radius 3 is 1.78 bits per heavy atom. The molecule has 1 aromatic carbocycles. The Morgan fingerprint density at radius 1 is 0.913 bits per heavy atom. The van der Waals surface area contributed by atoms with Gasteiger partial charge in [-0.25, -0.2) is 0 Å². The first kappa shape index (κ1) is 20.0. The fraction of sp³-hybridized carbons (Fsp3) is 0.600. The summed E-state index contributed by atoms with van der Waals surface area (Å²) in [6.07, 6.45) is -0.229. The first-order valence-electron chi connectivity index (χ1n) is 8.67. The minimum atomic E-state index is -1.70. The van der Waals surface area contributed by atoms with Crippen molar-refractivity contribution in [1.82, 2.24) is 0 Å². The van der Waals surface area contributed by atoms with E-state index in [9.17, 15) is 5.11 Å². The van der Waals surface area contributed by atoms with Crippen LogP contribution in [0.3, 0.4) is 0 Å². The second-order valence-electron chi connectivity index (χ2n) is 7.30. The summed E-state index contributed by atoms with van der Waals surface area (Å²) in [5.74, 6) is 3.41. The van der Waals surface area contributed by atoms with E-state index in [1.54, 1.807) is 0 Å². The molecule has 23 heavy (non-hydrogen) atoms. The van der Waals surface area contributed by atoms with Crippen molar-refractivity contribution < 1.29 is 10.2 Å². The van der Waals surface area contributed by atoms with E-state index in [0.29, 0.717) is 23.0 Å².